The molecule has 0 N–H and O–H groups in total. The van der Waals surface area contributed by atoms with Gasteiger partial charge in [0.15, 0.2) is 0 Å². The van der Waals surface area contributed by atoms with Gasteiger partial charge in [-0.3, -0.25) is 9.78 Å². The maximum absolute atomic E-state index is 11.7. The molecule has 1 aromatic rings. The minimum absolute atomic E-state index is 0.0176. The quantitative estimate of drug-likeness (QED) is 0.710. The van der Waals surface area contributed by atoms with E-state index in [0.29, 0.717) is 0 Å². The van der Waals surface area contributed by atoms with E-state index in [9.17, 15) is 4.79 Å². The summed E-state index contributed by atoms with van der Waals surface area (Å²) in [5.74, 6) is 0.0176. The Balaban J connectivity index is 2.26. The first kappa shape index (κ1) is 10.9. The van der Waals surface area contributed by atoms with Crippen molar-refractivity contribution in [3.63, 3.8) is 0 Å². The van der Waals surface area contributed by atoms with Crippen LogP contribution in [0.3, 0.4) is 0 Å². The van der Waals surface area contributed by atoms with Gasteiger partial charge in [0.25, 0.3) is 0 Å². The number of amides is 1. The van der Waals surface area contributed by atoms with Gasteiger partial charge in [-0.1, -0.05) is 12.6 Å². The molecule has 2 heterocycles. The molecule has 0 radical (unpaired) electrons. The van der Waals surface area contributed by atoms with Crippen molar-refractivity contribution in [2.24, 2.45) is 0 Å². The van der Waals surface area contributed by atoms with Gasteiger partial charge < -0.3 is 4.90 Å². The molecule has 3 heteroatoms. The van der Waals surface area contributed by atoms with E-state index in [1.54, 1.807) is 0 Å². The molecule has 0 saturated carbocycles. The zero-order chi connectivity index (χ0) is 11.5. The molecule has 1 unspecified atom stereocenters. The third-order valence-corrected chi connectivity index (χ3v) is 2.99. The summed E-state index contributed by atoms with van der Waals surface area (Å²) < 4.78 is 0. The molecular formula is C13H16N2O. The Morgan fingerprint density at radius 3 is 3.12 bits per heavy atom. The Morgan fingerprint density at radius 2 is 2.44 bits per heavy atom. The van der Waals surface area contributed by atoms with E-state index < -0.39 is 0 Å². The minimum Gasteiger partial charge on any atom is -0.332 e. The normalized spacial score (nSPS) is 19.8. The highest BCUT2D eigenvalue weighted by molar-refractivity contribution is 5.87. The van der Waals surface area contributed by atoms with Crippen LogP contribution >= 0.6 is 0 Å². The summed E-state index contributed by atoms with van der Waals surface area (Å²) in [6.07, 6.45) is 7.15. The third kappa shape index (κ3) is 1.98. The Bertz CT molecular complexity index is 414. The fourth-order valence-corrected chi connectivity index (χ4v) is 2.25. The predicted octanol–water partition coefficient (Wildman–Crippen LogP) is 2.24. The number of pyridine rings is 1. The molecule has 1 aromatic heterocycles. The van der Waals surface area contributed by atoms with Crippen LogP contribution < -0.4 is 0 Å². The van der Waals surface area contributed by atoms with Crippen molar-refractivity contribution in [1.82, 2.24) is 9.88 Å². The number of likely N-dealkylation sites (tertiary alicyclic amines) is 1. The summed E-state index contributed by atoms with van der Waals surface area (Å²) in [5, 5.41) is 0. The second-order valence-corrected chi connectivity index (χ2v) is 4.19. The molecule has 0 aliphatic carbocycles. The van der Waals surface area contributed by atoms with Crippen LogP contribution in [-0.2, 0) is 4.79 Å². The van der Waals surface area contributed by atoms with Crippen LogP contribution in [0, 0.1) is 6.92 Å². The monoisotopic (exact) mass is 216 g/mol. The first-order chi connectivity index (χ1) is 7.72. The lowest BCUT2D eigenvalue weighted by atomic mass is 10.1. The van der Waals surface area contributed by atoms with Crippen molar-refractivity contribution in [1.29, 1.82) is 0 Å². The average Bonchev–Trinajstić information content (AvgIpc) is 2.77. The number of carbonyl (C=O) groups excluding carboxylic acids is 1. The highest BCUT2D eigenvalue weighted by Crippen LogP contribution is 2.31. The van der Waals surface area contributed by atoms with Gasteiger partial charge >= 0.3 is 0 Å². The van der Waals surface area contributed by atoms with E-state index in [0.717, 1.165) is 30.5 Å². The van der Waals surface area contributed by atoms with E-state index in [4.69, 9.17) is 0 Å². The fourth-order valence-electron chi connectivity index (χ4n) is 2.25. The number of carbonyl (C=O) groups is 1. The molecule has 1 fully saturated rings. The maximum Gasteiger partial charge on any atom is 0.246 e. The second kappa shape index (κ2) is 4.47. The number of rotatable bonds is 2. The van der Waals surface area contributed by atoms with Gasteiger partial charge in [-0.05, 0) is 37.0 Å². The largest absolute Gasteiger partial charge is 0.332 e. The average molecular weight is 216 g/mol. The van der Waals surface area contributed by atoms with E-state index in [1.807, 2.05) is 24.2 Å². The molecule has 84 valence electrons. The van der Waals surface area contributed by atoms with Gasteiger partial charge in [-0.25, -0.2) is 0 Å². The topological polar surface area (TPSA) is 33.2 Å². The molecule has 1 aliphatic heterocycles. The van der Waals surface area contributed by atoms with Crippen molar-refractivity contribution < 1.29 is 4.79 Å². The summed E-state index contributed by atoms with van der Waals surface area (Å²) in [5.41, 5.74) is 2.27. The van der Waals surface area contributed by atoms with Crippen molar-refractivity contribution >= 4 is 5.91 Å². The number of aromatic nitrogens is 1. The highest BCUT2D eigenvalue weighted by atomic mass is 16.2. The lowest BCUT2D eigenvalue weighted by molar-refractivity contribution is -0.126. The Labute approximate surface area is 95.8 Å². The molecule has 1 saturated heterocycles. The summed E-state index contributed by atoms with van der Waals surface area (Å²) in [7, 11) is 0. The van der Waals surface area contributed by atoms with Gasteiger partial charge in [0.1, 0.15) is 0 Å². The zero-order valence-electron chi connectivity index (χ0n) is 9.52. The number of aryl methyl sites for hydroxylation is 1. The molecule has 0 aromatic carbocycles. The van der Waals surface area contributed by atoms with Crippen molar-refractivity contribution in [2.75, 3.05) is 6.54 Å². The van der Waals surface area contributed by atoms with Crippen molar-refractivity contribution in [3.05, 3.63) is 42.2 Å². The Morgan fingerprint density at radius 1 is 1.62 bits per heavy atom. The van der Waals surface area contributed by atoms with Crippen LogP contribution in [0.2, 0.25) is 0 Å². The standard InChI is InChI=1S/C13H16N2O/c1-3-13(16)15-6-4-5-12(15)11-7-10(2)8-14-9-11/h3,7-9,12H,1,4-6H2,2H3. The van der Waals surface area contributed by atoms with Gasteiger partial charge in [0.05, 0.1) is 6.04 Å². The molecule has 1 aliphatic rings. The molecular weight excluding hydrogens is 200 g/mol. The molecule has 16 heavy (non-hydrogen) atoms. The van der Waals surface area contributed by atoms with Crippen molar-refractivity contribution in [2.45, 2.75) is 25.8 Å². The fraction of sp³-hybridized carbons (Fsp3) is 0.385. The highest BCUT2D eigenvalue weighted by Gasteiger charge is 2.28. The molecule has 1 amide bonds. The first-order valence-corrected chi connectivity index (χ1v) is 5.57. The molecule has 1 atom stereocenters. The van der Waals surface area contributed by atoms with E-state index in [1.165, 1.54) is 6.08 Å². The second-order valence-electron chi connectivity index (χ2n) is 4.19. The zero-order valence-corrected chi connectivity index (χ0v) is 9.52. The first-order valence-electron chi connectivity index (χ1n) is 5.57. The van der Waals surface area contributed by atoms with Crippen LogP contribution in [0.15, 0.2) is 31.1 Å². The van der Waals surface area contributed by atoms with Crippen molar-refractivity contribution in [3.8, 4) is 0 Å². The maximum atomic E-state index is 11.7. The molecule has 3 nitrogen and oxygen atoms in total. The summed E-state index contributed by atoms with van der Waals surface area (Å²) >= 11 is 0. The van der Waals surface area contributed by atoms with Crippen LogP contribution in [-0.4, -0.2) is 22.3 Å². The lowest BCUT2D eigenvalue weighted by Gasteiger charge is -2.23. The lowest BCUT2D eigenvalue weighted by Crippen LogP contribution is -2.28. The van der Waals surface area contributed by atoms with Crippen LogP contribution in [0.25, 0.3) is 0 Å². The minimum atomic E-state index is 0.0176. The third-order valence-electron chi connectivity index (χ3n) is 2.99. The molecule has 0 spiro atoms. The molecule has 0 bridgehead atoms. The van der Waals surface area contributed by atoms with Gasteiger partial charge in [0.2, 0.25) is 5.91 Å². The van der Waals surface area contributed by atoms with Crippen LogP contribution in [0.4, 0.5) is 0 Å². The smallest absolute Gasteiger partial charge is 0.246 e. The summed E-state index contributed by atoms with van der Waals surface area (Å²) in [6.45, 7) is 6.39. The number of hydrogen-bond acceptors (Lipinski definition) is 2. The van der Waals surface area contributed by atoms with Gasteiger partial charge in [-0.2, -0.15) is 0 Å². The van der Waals surface area contributed by atoms with E-state index in [-0.39, 0.29) is 11.9 Å². The van der Waals surface area contributed by atoms with Crippen LogP contribution in [0.1, 0.15) is 30.0 Å². The number of nitrogens with zero attached hydrogens (tertiary/aromatic N) is 2. The Hall–Kier alpha value is -1.64. The van der Waals surface area contributed by atoms with E-state index >= 15 is 0 Å². The predicted molar refractivity (Wildman–Crippen MR) is 62.9 cm³/mol. The summed E-state index contributed by atoms with van der Waals surface area (Å²) in [6, 6.07) is 2.28. The van der Waals surface area contributed by atoms with Gasteiger partial charge in [0, 0.05) is 18.9 Å². The van der Waals surface area contributed by atoms with E-state index in [2.05, 4.69) is 17.6 Å². The molecule has 2 rings (SSSR count). The van der Waals surface area contributed by atoms with Gasteiger partial charge in [-0.15, -0.1) is 0 Å². The SMILES string of the molecule is C=CC(=O)N1CCCC1c1cncc(C)c1. The number of hydrogen-bond donors (Lipinski definition) is 0. The Kier molecular flexibility index (Phi) is 3.04. The summed E-state index contributed by atoms with van der Waals surface area (Å²) in [4.78, 5) is 17.7. The van der Waals surface area contributed by atoms with Crippen LogP contribution in [0.5, 0.6) is 0 Å².